The number of halogens is 3. The van der Waals surface area contributed by atoms with Crippen LogP contribution in [0, 0.1) is 5.92 Å². The second-order valence-corrected chi connectivity index (χ2v) is 8.62. The molecule has 0 N–H and O–H groups in total. The summed E-state index contributed by atoms with van der Waals surface area (Å²) in [7, 11) is -1.72. The summed E-state index contributed by atoms with van der Waals surface area (Å²) < 4.78 is 60.6. The summed E-state index contributed by atoms with van der Waals surface area (Å²) >= 11 is 0. The van der Waals surface area contributed by atoms with Crippen molar-refractivity contribution in [3.8, 4) is 0 Å². The van der Waals surface area contributed by atoms with Crippen molar-refractivity contribution in [2.75, 3.05) is 6.61 Å². The van der Waals surface area contributed by atoms with Gasteiger partial charge in [0.05, 0.1) is 29.4 Å². The van der Waals surface area contributed by atoms with Crippen LogP contribution in [0.1, 0.15) is 46.1 Å². The number of benzene rings is 1. The van der Waals surface area contributed by atoms with Crippen molar-refractivity contribution < 1.29 is 26.9 Å². The lowest BCUT2D eigenvalue weighted by atomic mass is 9.94. The number of rotatable bonds is 7. The Morgan fingerprint density at radius 1 is 1.15 bits per heavy atom. The lowest BCUT2D eigenvalue weighted by Gasteiger charge is -2.21. The highest BCUT2D eigenvalue weighted by atomic mass is 32.2. The molecule has 0 aliphatic heterocycles. The Balaban J connectivity index is 3.22. The molecule has 1 aromatic rings. The predicted octanol–water partition coefficient (Wildman–Crippen LogP) is 4.46. The minimum Gasteiger partial charge on any atom is -0.466 e. The van der Waals surface area contributed by atoms with Gasteiger partial charge >= 0.3 is 12.1 Å². The fourth-order valence-electron chi connectivity index (χ4n) is 2.03. The lowest BCUT2D eigenvalue weighted by Crippen LogP contribution is -2.30. The Morgan fingerprint density at radius 2 is 1.73 bits per heavy atom. The van der Waals surface area contributed by atoms with Gasteiger partial charge in [-0.1, -0.05) is 30.3 Å². The van der Waals surface area contributed by atoms with E-state index in [2.05, 4.69) is 9.13 Å². The normalized spacial score (nSPS) is 15.4. The summed E-state index contributed by atoms with van der Waals surface area (Å²) in [4.78, 5) is 11.6. The van der Waals surface area contributed by atoms with Gasteiger partial charge in [-0.2, -0.15) is 17.6 Å². The first-order valence-corrected chi connectivity index (χ1v) is 9.33. The van der Waals surface area contributed by atoms with E-state index in [1.165, 1.54) is 6.92 Å². The van der Waals surface area contributed by atoms with E-state index >= 15 is 0 Å². The van der Waals surface area contributed by atoms with Crippen molar-refractivity contribution in [2.24, 2.45) is 10.3 Å². The van der Waals surface area contributed by atoms with Gasteiger partial charge in [0.2, 0.25) is 0 Å². The van der Waals surface area contributed by atoms with Crippen molar-refractivity contribution in [1.29, 1.82) is 0 Å². The van der Waals surface area contributed by atoms with Crippen LogP contribution in [0.2, 0.25) is 0 Å². The van der Waals surface area contributed by atoms with E-state index < -0.39 is 46.6 Å². The largest absolute Gasteiger partial charge is 0.466 e. The molecule has 0 saturated heterocycles. The van der Waals surface area contributed by atoms with E-state index in [9.17, 15) is 22.2 Å². The van der Waals surface area contributed by atoms with Crippen LogP contribution in [0.15, 0.2) is 34.7 Å². The average molecular weight is 391 g/mol. The third-order valence-electron chi connectivity index (χ3n) is 3.45. The van der Waals surface area contributed by atoms with Gasteiger partial charge in [-0.25, -0.2) is 4.21 Å². The van der Waals surface area contributed by atoms with E-state index in [4.69, 9.17) is 0 Å². The quantitative estimate of drug-likeness (QED) is 0.509. The fourth-order valence-corrected chi connectivity index (χ4v) is 2.69. The molecule has 0 spiro atoms. The van der Waals surface area contributed by atoms with E-state index in [1.807, 2.05) is 0 Å². The second kappa shape index (κ2) is 9.30. The summed E-state index contributed by atoms with van der Waals surface area (Å²) in [5.74, 6) is -2.88. The Labute approximate surface area is 154 Å². The first-order chi connectivity index (χ1) is 11.9. The van der Waals surface area contributed by atoms with Crippen molar-refractivity contribution in [3.05, 3.63) is 35.9 Å². The second-order valence-electron chi connectivity index (χ2n) is 6.72. The maximum atomic E-state index is 13.4. The Kier molecular flexibility index (Phi) is 7.99. The summed E-state index contributed by atoms with van der Waals surface area (Å²) in [6.45, 7) is 6.61. The maximum Gasteiger partial charge on any atom is 0.392 e. The molecule has 0 amide bonds. The molecule has 0 fully saturated rings. The first kappa shape index (κ1) is 22.3. The highest BCUT2D eigenvalue weighted by molar-refractivity contribution is 7.85. The van der Waals surface area contributed by atoms with Gasteiger partial charge < -0.3 is 4.74 Å². The van der Waals surface area contributed by atoms with Crippen molar-refractivity contribution in [2.45, 2.75) is 51.5 Å². The van der Waals surface area contributed by atoms with Crippen LogP contribution >= 0.6 is 0 Å². The van der Waals surface area contributed by atoms with E-state index in [-0.39, 0.29) is 12.3 Å². The SMILES string of the molecule is CCOC(=O)C[C@@H](CC(=N[S@@](=O)C(C)(C)C)c1ccccc1)C(F)(F)F. The molecule has 26 heavy (non-hydrogen) atoms. The van der Waals surface area contributed by atoms with Gasteiger partial charge in [-0.3, -0.25) is 4.79 Å². The van der Waals surface area contributed by atoms with Crippen LogP contribution in [0.5, 0.6) is 0 Å². The van der Waals surface area contributed by atoms with Gasteiger partial charge in [-0.15, -0.1) is 0 Å². The van der Waals surface area contributed by atoms with Crippen LogP contribution < -0.4 is 0 Å². The molecular weight excluding hydrogens is 367 g/mol. The number of alkyl halides is 3. The minimum absolute atomic E-state index is 0.0110. The summed E-state index contributed by atoms with van der Waals surface area (Å²) in [5.41, 5.74) is 0.508. The van der Waals surface area contributed by atoms with Crippen LogP contribution in [-0.4, -0.2) is 33.4 Å². The number of hydrogen-bond acceptors (Lipinski definition) is 3. The number of ether oxygens (including phenoxy) is 1. The molecule has 0 saturated carbocycles. The fraction of sp³-hybridized carbons (Fsp3) is 0.556. The molecule has 1 rings (SSSR count). The van der Waals surface area contributed by atoms with Crippen LogP contribution in [-0.2, 0) is 20.5 Å². The number of carbonyl (C=O) groups excluding carboxylic acids is 1. The third kappa shape index (κ3) is 7.27. The Hall–Kier alpha value is -1.70. The molecule has 0 aromatic heterocycles. The first-order valence-electron chi connectivity index (χ1n) is 8.22. The maximum absolute atomic E-state index is 13.4. The van der Waals surface area contributed by atoms with Gasteiger partial charge in [0.25, 0.3) is 0 Å². The third-order valence-corrected chi connectivity index (χ3v) is 4.88. The van der Waals surface area contributed by atoms with Gasteiger partial charge in [0.15, 0.2) is 0 Å². The molecule has 0 heterocycles. The minimum atomic E-state index is -4.61. The summed E-state index contributed by atoms with van der Waals surface area (Å²) in [5, 5.41) is 0. The zero-order valence-corrected chi connectivity index (χ0v) is 16.1. The van der Waals surface area contributed by atoms with E-state index in [0.717, 1.165) is 0 Å². The number of hydrogen-bond donors (Lipinski definition) is 0. The predicted molar refractivity (Wildman–Crippen MR) is 96.3 cm³/mol. The monoisotopic (exact) mass is 391 g/mol. The Bertz CT molecular complexity index is 652. The number of nitrogens with zero attached hydrogens (tertiary/aromatic N) is 1. The molecule has 0 aliphatic rings. The molecule has 0 unspecified atom stereocenters. The molecular formula is C18H24F3NO3S. The molecule has 0 bridgehead atoms. The van der Waals surface area contributed by atoms with E-state index in [1.54, 1.807) is 51.1 Å². The van der Waals surface area contributed by atoms with Crippen molar-refractivity contribution >= 4 is 22.7 Å². The van der Waals surface area contributed by atoms with Crippen LogP contribution in [0.25, 0.3) is 0 Å². The van der Waals surface area contributed by atoms with Gasteiger partial charge in [0, 0.05) is 6.42 Å². The molecule has 0 aliphatic carbocycles. The zero-order valence-electron chi connectivity index (χ0n) is 15.3. The average Bonchev–Trinajstić information content (AvgIpc) is 2.52. The molecule has 2 atom stereocenters. The smallest absolute Gasteiger partial charge is 0.392 e. The summed E-state index contributed by atoms with van der Waals surface area (Å²) in [6, 6.07) is 8.27. The standard InChI is InChI=1S/C18H24F3NO3S/c1-5-25-16(23)12-14(18(19,20)21)11-15(13-9-7-6-8-10-13)22-26(24)17(2,3)4/h6-10,14H,5,11-12H2,1-4H3/t14-,26+/m1/s1. The van der Waals surface area contributed by atoms with E-state index in [0.29, 0.717) is 5.56 Å². The van der Waals surface area contributed by atoms with Gasteiger partial charge in [-0.05, 0) is 33.3 Å². The zero-order chi connectivity index (χ0) is 20.0. The summed E-state index contributed by atoms with van der Waals surface area (Å²) in [6.07, 6.45) is -5.95. The van der Waals surface area contributed by atoms with Crippen molar-refractivity contribution in [1.82, 2.24) is 0 Å². The number of esters is 1. The number of carbonyl (C=O) groups is 1. The molecule has 1 aromatic carbocycles. The van der Waals surface area contributed by atoms with Crippen LogP contribution in [0.3, 0.4) is 0 Å². The molecule has 4 nitrogen and oxygen atoms in total. The molecule has 8 heteroatoms. The van der Waals surface area contributed by atoms with Crippen molar-refractivity contribution in [3.63, 3.8) is 0 Å². The lowest BCUT2D eigenvalue weighted by molar-refractivity contribution is -0.182. The topological polar surface area (TPSA) is 55.7 Å². The van der Waals surface area contributed by atoms with Crippen LogP contribution in [0.4, 0.5) is 13.2 Å². The Morgan fingerprint density at radius 3 is 2.19 bits per heavy atom. The molecule has 146 valence electrons. The highest BCUT2D eigenvalue weighted by Crippen LogP contribution is 2.33. The van der Waals surface area contributed by atoms with Gasteiger partial charge in [0.1, 0.15) is 11.0 Å². The molecule has 0 radical (unpaired) electrons. The highest BCUT2D eigenvalue weighted by Gasteiger charge is 2.42.